The molecule has 1 aromatic heterocycles. The Morgan fingerprint density at radius 1 is 0.750 bits per heavy atom. The molecule has 4 nitrogen and oxygen atoms in total. The number of aryl methyl sites for hydroxylation is 1. The van der Waals surface area contributed by atoms with Crippen LogP contribution in [-0.4, -0.2) is 10.5 Å². The van der Waals surface area contributed by atoms with Gasteiger partial charge in [-0.3, -0.25) is 4.79 Å². The van der Waals surface area contributed by atoms with E-state index in [1.165, 1.54) is 5.56 Å². The summed E-state index contributed by atoms with van der Waals surface area (Å²) in [5.74, 6) is -0.141. The number of hydrogen-bond acceptors (Lipinski definition) is 2. The van der Waals surface area contributed by atoms with E-state index >= 15 is 0 Å². The Hall–Kier alpha value is -3.79. The zero-order chi connectivity index (χ0) is 19.3. The molecule has 0 aliphatic carbocycles. The van der Waals surface area contributed by atoms with E-state index in [9.17, 15) is 4.79 Å². The summed E-state index contributed by atoms with van der Waals surface area (Å²) >= 11 is 0. The van der Waals surface area contributed by atoms with Crippen LogP contribution in [0.2, 0.25) is 0 Å². The summed E-state index contributed by atoms with van der Waals surface area (Å²) in [6, 6.07) is 27.3. The second-order valence-electron chi connectivity index (χ2n) is 6.63. The number of nitrogens with zero attached hydrogens (tertiary/aromatic N) is 1. The molecule has 0 saturated carbocycles. The molecule has 4 heteroatoms. The van der Waals surface area contributed by atoms with Gasteiger partial charge in [-0.2, -0.15) is 0 Å². The van der Waals surface area contributed by atoms with Crippen LogP contribution in [0.1, 0.15) is 15.9 Å². The number of rotatable bonds is 5. The molecule has 0 aliphatic rings. The molecule has 0 spiro atoms. The van der Waals surface area contributed by atoms with Crippen molar-refractivity contribution >= 4 is 23.0 Å². The van der Waals surface area contributed by atoms with Gasteiger partial charge >= 0.3 is 0 Å². The highest BCUT2D eigenvalue weighted by atomic mass is 16.1. The molecule has 1 heterocycles. The normalized spacial score (nSPS) is 10.5. The van der Waals surface area contributed by atoms with Gasteiger partial charge in [0.05, 0.1) is 11.4 Å². The van der Waals surface area contributed by atoms with E-state index in [4.69, 9.17) is 0 Å². The Kier molecular flexibility index (Phi) is 4.93. The predicted octanol–water partition coefficient (Wildman–Crippen LogP) is 5.78. The Labute approximate surface area is 164 Å². The van der Waals surface area contributed by atoms with Gasteiger partial charge in [0.25, 0.3) is 5.91 Å². The van der Waals surface area contributed by atoms with Gasteiger partial charge in [0.1, 0.15) is 0 Å². The van der Waals surface area contributed by atoms with Gasteiger partial charge in [0.2, 0.25) is 0 Å². The minimum Gasteiger partial charge on any atom is -0.354 e. The van der Waals surface area contributed by atoms with Crippen LogP contribution in [0.4, 0.5) is 17.1 Å². The lowest BCUT2D eigenvalue weighted by atomic mass is 10.1. The quantitative estimate of drug-likeness (QED) is 0.469. The van der Waals surface area contributed by atoms with Crippen molar-refractivity contribution in [3.05, 3.63) is 108 Å². The summed E-state index contributed by atoms with van der Waals surface area (Å²) in [6.45, 7) is 2.06. The molecule has 1 amide bonds. The number of carbonyl (C=O) groups excluding carboxylic acids is 1. The fraction of sp³-hybridized carbons (Fsp3) is 0.0417. The molecule has 0 unspecified atom stereocenters. The summed E-state index contributed by atoms with van der Waals surface area (Å²) in [6.07, 6.45) is 3.95. The van der Waals surface area contributed by atoms with E-state index in [0.29, 0.717) is 5.56 Å². The van der Waals surface area contributed by atoms with Crippen LogP contribution >= 0.6 is 0 Å². The smallest absolute Gasteiger partial charge is 0.255 e. The summed E-state index contributed by atoms with van der Waals surface area (Å²) in [4.78, 5) is 12.7. The zero-order valence-electron chi connectivity index (χ0n) is 15.6. The summed E-state index contributed by atoms with van der Waals surface area (Å²) in [5, 5.41) is 6.37. The third-order valence-electron chi connectivity index (χ3n) is 4.54. The van der Waals surface area contributed by atoms with Crippen LogP contribution in [-0.2, 0) is 0 Å². The molecule has 28 heavy (non-hydrogen) atoms. The first kappa shape index (κ1) is 17.6. The Morgan fingerprint density at radius 2 is 1.39 bits per heavy atom. The molecule has 4 rings (SSSR count). The summed E-state index contributed by atoms with van der Waals surface area (Å²) in [5.41, 5.74) is 5.40. The first-order valence-electron chi connectivity index (χ1n) is 9.16. The average Bonchev–Trinajstić information content (AvgIpc) is 3.26. The first-order chi connectivity index (χ1) is 13.7. The van der Waals surface area contributed by atoms with Gasteiger partial charge < -0.3 is 15.2 Å². The van der Waals surface area contributed by atoms with Crippen LogP contribution in [0, 0.1) is 6.92 Å². The number of aromatic nitrogens is 1. The Morgan fingerprint density at radius 3 is 2.07 bits per heavy atom. The number of para-hydroxylation sites is 2. The van der Waals surface area contributed by atoms with Crippen LogP contribution in [0.15, 0.2) is 97.3 Å². The van der Waals surface area contributed by atoms with Crippen molar-refractivity contribution in [2.75, 3.05) is 10.6 Å². The Bertz CT molecular complexity index is 1070. The maximum Gasteiger partial charge on any atom is 0.255 e. The third kappa shape index (κ3) is 3.96. The number of amides is 1. The number of nitrogens with one attached hydrogen (secondary N) is 2. The van der Waals surface area contributed by atoms with Crippen molar-refractivity contribution in [3.63, 3.8) is 0 Å². The van der Waals surface area contributed by atoms with Crippen molar-refractivity contribution in [1.29, 1.82) is 0 Å². The van der Waals surface area contributed by atoms with Crippen molar-refractivity contribution in [2.45, 2.75) is 6.92 Å². The van der Waals surface area contributed by atoms with Crippen molar-refractivity contribution in [1.82, 2.24) is 4.57 Å². The van der Waals surface area contributed by atoms with Crippen LogP contribution in [0.5, 0.6) is 0 Å². The van der Waals surface area contributed by atoms with E-state index in [1.807, 2.05) is 89.8 Å². The molecule has 0 bridgehead atoms. The molecule has 0 atom stereocenters. The van der Waals surface area contributed by atoms with Crippen molar-refractivity contribution in [2.24, 2.45) is 0 Å². The second kappa shape index (κ2) is 7.84. The fourth-order valence-electron chi connectivity index (χ4n) is 2.98. The highest BCUT2D eigenvalue weighted by Gasteiger charge is 2.09. The Balaban J connectivity index is 1.51. The number of carbonyl (C=O) groups is 1. The first-order valence-corrected chi connectivity index (χ1v) is 9.16. The van der Waals surface area contributed by atoms with Gasteiger partial charge in [0, 0.05) is 29.3 Å². The molecular weight excluding hydrogens is 346 g/mol. The highest BCUT2D eigenvalue weighted by Crippen LogP contribution is 2.26. The number of hydrogen-bond donors (Lipinski definition) is 2. The van der Waals surface area contributed by atoms with Gasteiger partial charge in [-0.05, 0) is 67.6 Å². The largest absolute Gasteiger partial charge is 0.354 e. The molecular formula is C24H21N3O. The summed E-state index contributed by atoms with van der Waals surface area (Å²) in [7, 11) is 0. The SMILES string of the molecule is Cc1ccc(Nc2ccccc2NC(=O)c2ccc(-n3cccc3)cc2)cc1. The van der Waals surface area contributed by atoms with E-state index in [2.05, 4.69) is 29.7 Å². The maximum absolute atomic E-state index is 12.7. The van der Waals surface area contributed by atoms with E-state index in [0.717, 1.165) is 22.7 Å². The van der Waals surface area contributed by atoms with Gasteiger partial charge in [-0.15, -0.1) is 0 Å². The minimum atomic E-state index is -0.141. The van der Waals surface area contributed by atoms with Crippen LogP contribution in [0.25, 0.3) is 5.69 Å². The third-order valence-corrected chi connectivity index (χ3v) is 4.54. The predicted molar refractivity (Wildman–Crippen MR) is 115 cm³/mol. The number of anilines is 3. The van der Waals surface area contributed by atoms with E-state index in [-0.39, 0.29) is 5.91 Å². The van der Waals surface area contributed by atoms with E-state index in [1.54, 1.807) is 0 Å². The molecule has 2 N–H and O–H groups in total. The van der Waals surface area contributed by atoms with Crippen LogP contribution < -0.4 is 10.6 Å². The monoisotopic (exact) mass is 367 g/mol. The van der Waals surface area contributed by atoms with Crippen LogP contribution in [0.3, 0.4) is 0 Å². The lowest BCUT2D eigenvalue weighted by Crippen LogP contribution is -2.13. The number of benzene rings is 3. The highest BCUT2D eigenvalue weighted by molar-refractivity contribution is 6.06. The van der Waals surface area contributed by atoms with E-state index < -0.39 is 0 Å². The average molecular weight is 367 g/mol. The topological polar surface area (TPSA) is 46.1 Å². The zero-order valence-corrected chi connectivity index (χ0v) is 15.6. The fourth-order valence-corrected chi connectivity index (χ4v) is 2.98. The van der Waals surface area contributed by atoms with Gasteiger partial charge in [-0.1, -0.05) is 29.8 Å². The minimum absolute atomic E-state index is 0.141. The van der Waals surface area contributed by atoms with Gasteiger partial charge in [0.15, 0.2) is 0 Å². The molecule has 0 saturated heterocycles. The van der Waals surface area contributed by atoms with Gasteiger partial charge in [-0.25, -0.2) is 0 Å². The molecule has 0 radical (unpaired) electrons. The lowest BCUT2D eigenvalue weighted by Gasteiger charge is -2.13. The lowest BCUT2D eigenvalue weighted by molar-refractivity contribution is 0.102. The maximum atomic E-state index is 12.7. The van der Waals surface area contributed by atoms with Crippen molar-refractivity contribution < 1.29 is 4.79 Å². The molecule has 0 aliphatic heterocycles. The molecule has 4 aromatic rings. The molecule has 3 aromatic carbocycles. The molecule has 0 fully saturated rings. The summed E-state index contributed by atoms with van der Waals surface area (Å²) < 4.78 is 2.00. The standard InChI is InChI=1S/C24H21N3O/c1-18-8-12-20(13-9-18)25-22-6-2-3-7-23(22)26-24(28)19-10-14-21(15-11-19)27-16-4-5-17-27/h2-17,25H,1H3,(H,26,28). The van der Waals surface area contributed by atoms with Crippen molar-refractivity contribution in [3.8, 4) is 5.69 Å². The molecule has 138 valence electrons. The second-order valence-corrected chi connectivity index (χ2v) is 6.63.